The largest absolute Gasteiger partial charge is 0.388 e. The normalized spacial score (nSPS) is 34.0. The molecule has 2 aliphatic heterocycles. The summed E-state index contributed by atoms with van der Waals surface area (Å²) in [6.45, 7) is 17.6. The van der Waals surface area contributed by atoms with Crippen LogP contribution in [0.25, 0.3) is 0 Å². The highest BCUT2D eigenvalue weighted by molar-refractivity contribution is 4.99. The molecule has 0 amide bonds. The zero-order valence-electron chi connectivity index (χ0n) is 13.9. The number of aliphatic hydroxyl groups is 1. The van der Waals surface area contributed by atoms with E-state index < -0.39 is 5.60 Å². The fourth-order valence-corrected chi connectivity index (χ4v) is 3.81. The van der Waals surface area contributed by atoms with Gasteiger partial charge in [-0.2, -0.15) is 0 Å². The zero-order chi connectivity index (χ0) is 15.0. The molecule has 4 heteroatoms. The number of β-amino-alcohol motifs (C(OH)–C–C–N with tert-alkyl or cyclic N) is 1. The second kappa shape index (κ2) is 5.91. The topological polar surface area (TPSA) is 35.9 Å². The summed E-state index contributed by atoms with van der Waals surface area (Å²) in [6, 6.07) is 0. The minimum Gasteiger partial charge on any atom is -0.388 e. The maximum atomic E-state index is 10.8. The predicted octanol–water partition coefficient (Wildman–Crippen LogP) is 1.44. The van der Waals surface area contributed by atoms with Gasteiger partial charge in [0.05, 0.1) is 18.8 Å². The first kappa shape index (κ1) is 16.2. The molecule has 0 spiro atoms. The van der Waals surface area contributed by atoms with E-state index in [0.29, 0.717) is 11.8 Å². The SMILES string of the molecule is CC(C)[C@]1(O)CN(CC(C)(C)N2CCOCC2)C[C@H]1C. The van der Waals surface area contributed by atoms with Crippen LogP contribution in [-0.2, 0) is 4.74 Å². The van der Waals surface area contributed by atoms with Crippen molar-refractivity contribution in [2.45, 2.75) is 45.8 Å². The van der Waals surface area contributed by atoms with Gasteiger partial charge in [0.15, 0.2) is 0 Å². The Morgan fingerprint density at radius 2 is 1.90 bits per heavy atom. The molecule has 0 aromatic heterocycles. The summed E-state index contributed by atoms with van der Waals surface area (Å²) in [6.07, 6.45) is 0. The second-order valence-corrected chi connectivity index (χ2v) is 7.63. The van der Waals surface area contributed by atoms with E-state index in [2.05, 4.69) is 44.4 Å². The van der Waals surface area contributed by atoms with E-state index in [1.165, 1.54) is 0 Å². The van der Waals surface area contributed by atoms with Gasteiger partial charge in [-0.25, -0.2) is 0 Å². The lowest BCUT2D eigenvalue weighted by Gasteiger charge is -2.43. The Bertz CT molecular complexity index is 326. The van der Waals surface area contributed by atoms with E-state index in [1.54, 1.807) is 0 Å². The highest BCUT2D eigenvalue weighted by atomic mass is 16.5. The third kappa shape index (κ3) is 3.19. The van der Waals surface area contributed by atoms with Crippen LogP contribution in [0.5, 0.6) is 0 Å². The Balaban J connectivity index is 1.96. The number of nitrogens with zero attached hydrogens (tertiary/aromatic N) is 2. The van der Waals surface area contributed by atoms with E-state index in [4.69, 9.17) is 4.74 Å². The van der Waals surface area contributed by atoms with Gasteiger partial charge in [-0.1, -0.05) is 20.8 Å². The minimum absolute atomic E-state index is 0.145. The highest BCUT2D eigenvalue weighted by Gasteiger charge is 2.46. The van der Waals surface area contributed by atoms with E-state index in [9.17, 15) is 5.11 Å². The van der Waals surface area contributed by atoms with Gasteiger partial charge < -0.3 is 9.84 Å². The smallest absolute Gasteiger partial charge is 0.0834 e. The minimum atomic E-state index is -0.527. The summed E-state index contributed by atoms with van der Waals surface area (Å²) < 4.78 is 5.45. The Hall–Kier alpha value is -0.160. The molecule has 20 heavy (non-hydrogen) atoms. The number of morpholine rings is 1. The van der Waals surface area contributed by atoms with Gasteiger partial charge in [-0.3, -0.25) is 9.80 Å². The first-order valence-corrected chi connectivity index (χ1v) is 8.03. The van der Waals surface area contributed by atoms with Gasteiger partial charge in [-0.15, -0.1) is 0 Å². The van der Waals surface area contributed by atoms with Crippen molar-refractivity contribution in [2.24, 2.45) is 11.8 Å². The van der Waals surface area contributed by atoms with Crippen LogP contribution in [0.2, 0.25) is 0 Å². The van der Waals surface area contributed by atoms with Gasteiger partial charge in [0.2, 0.25) is 0 Å². The fourth-order valence-electron chi connectivity index (χ4n) is 3.81. The van der Waals surface area contributed by atoms with Crippen LogP contribution >= 0.6 is 0 Å². The highest BCUT2D eigenvalue weighted by Crippen LogP contribution is 2.35. The first-order valence-electron chi connectivity index (χ1n) is 8.03. The summed E-state index contributed by atoms with van der Waals surface area (Å²) in [5, 5.41) is 10.8. The van der Waals surface area contributed by atoms with E-state index in [-0.39, 0.29) is 5.54 Å². The van der Waals surface area contributed by atoms with Crippen molar-refractivity contribution >= 4 is 0 Å². The van der Waals surface area contributed by atoms with Gasteiger partial charge in [-0.05, 0) is 25.7 Å². The molecule has 2 rings (SSSR count). The molecular weight excluding hydrogens is 252 g/mol. The molecule has 2 saturated heterocycles. The second-order valence-electron chi connectivity index (χ2n) is 7.63. The van der Waals surface area contributed by atoms with E-state index in [0.717, 1.165) is 45.9 Å². The lowest BCUT2D eigenvalue weighted by Crippen LogP contribution is -2.55. The standard InChI is InChI=1S/C16H32N2O2/c1-13(2)16(19)12-17(10-14(16)3)11-15(4,5)18-6-8-20-9-7-18/h13-14,19H,6-12H2,1-5H3/t14-,16-/m1/s1. The average Bonchev–Trinajstić information content (AvgIpc) is 2.66. The maximum absolute atomic E-state index is 10.8. The fraction of sp³-hybridized carbons (Fsp3) is 1.00. The van der Waals surface area contributed by atoms with Crippen molar-refractivity contribution < 1.29 is 9.84 Å². The van der Waals surface area contributed by atoms with Crippen molar-refractivity contribution in [3.63, 3.8) is 0 Å². The van der Waals surface area contributed by atoms with Crippen LogP contribution in [0.4, 0.5) is 0 Å². The number of hydrogen-bond donors (Lipinski definition) is 1. The lowest BCUT2D eigenvalue weighted by atomic mass is 9.82. The zero-order valence-corrected chi connectivity index (χ0v) is 13.9. The average molecular weight is 284 g/mol. The molecule has 2 aliphatic rings. The van der Waals surface area contributed by atoms with Crippen LogP contribution in [0.15, 0.2) is 0 Å². The van der Waals surface area contributed by atoms with Crippen molar-refractivity contribution in [3.05, 3.63) is 0 Å². The maximum Gasteiger partial charge on any atom is 0.0834 e. The molecule has 2 fully saturated rings. The quantitative estimate of drug-likeness (QED) is 0.847. The van der Waals surface area contributed by atoms with Crippen LogP contribution in [-0.4, -0.2) is 72.0 Å². The summed E-state index contributed by atoms with van der Waals surface area (Å²) in [4.78, 5) is 4.97. The van der Waals surface area contributed by atoms with Crippen molar-refractivity contribution in [1.82, 2.24) is 9.80 Å². The van der Waals surface area contributed by atoms with Crippen molar-refractivity contribution in [2.75, 3.05) is 45.9 Å². The molecule has 0 radical (unpaired) electrons. The summed E-state index contributed by atoms with van der Waals surface area (Å²) in [5.41, 5.74) is -0.382. The molecule has 118 valence electrons. The molecule has 0 saturated carbocycles. The molecule has 0 unspecified atom stereocenters. The third-order valence-electron chi connectivity index (χ3n) is 5.34. The summed E-state index contributed by atoms with van der Waals surface area (Å²) >= 11 is 0. The van der Waals surface area contributed by atoms with Crippen molar-refractivity contribution in [3.8, 4) is 0 Å². The molecule has 2 atom stereocenters. The number of hydrogen-bond acceptors (Lipinski definition) is 4. The van der Waals surface area contributed by atoms with Crippen LogP contribution < -0.4 is 0 Å². The molecule has 1 N–H and O–H groups in total. The molecule has 2 heterocycles. The Morgan fingerprint density at radius 3 is 2.40 bits per heavy atom. The molecule has 0 aliphatic carbocycles. The Labute approximate surface area is 124 Å². The molecular formula is C16H32N2O2. The van der Waals surface area contributed by atoms with Crippen LogP contribution in [0.1, 0.15) is 34.6 Å². The molecule has 0 aromatic carbocycles. The van der Waals surface area contributed by atoms with E-state index in [1.807, 2.05) is 0 Å². The third-order valence-corrected chi connectivity index (χ3v) is 5.34. The predicted molar refractivity (Wildman–Crippen MR) is 81.9 cm³/mol. The van der Waals surface area contributed by atoms with Gasteiger partial charge >= 0.3 is 0 Å². The number of ether oxygens (including phenoxy) is 1. The van der Waals surface area contributed by atoms with Crippen molar-refractivity contribution in [1.29, 1.82) is 0 Å². The monoisotopic (exact) mass is 284 g/mol. The summed E-state index contributed by atoms with van der Waals surface area (Å²) in [7, 11) is 0. The first-order chi connectivity index (χ1) is 9.25. The summed E-state index contributed by atoms with van der Waals surface area (Å²) in [5.74, 6) is 0.664. The Morgan fingerprint density at radius 1 is 1.30 bits per heavy atom. The number of rotatable bonds is 4. The van der Waals surface area contributed by atoms with E-state index >= 15 is 0 Å². The number of likely N-dealkylation sites (tertiary alicyclic amines) is 1. The molecule has 4 nitrogen and oxygen atoms in total. The van der Waals surface area contributed by atoms with Gasteiger partial charge in [0.25, 0.3) is 0 Å². The van der Waals surface area contributed by atoms with Gasteiger partial charge in [0, 0.05) is 38.3 Å². The molecule has 0 bridgehead atoms. The molecule has 0 aromatic rings. The Kier molecular flexibility index (Phi) is 4.80. The lowest BCUT2D eigenvalue weighted by molar-refractivity contribution is -0.0358. The van der Waals surface area contributed by atoms with Crippen LogP contribution in [0, 0.1) is 11.8 Å². The van der Waals surface area contributed by atoms with Gasteiger partial charge in [0.1, 0.15) is 0 Å². The van der Waals surface area contributed by atoms with Crippen LogP contribution in [0.3, 0.4) is 0 Å².